The van der Waals surface area contributed by atoms with Crippen molar-refractivity contribution in [1.29, 1.82) is 0 Å². The maximum atomic E-state index is 15.0. The number of halogens is 1. The number of benzene rings is 2. The Bertz CT molecular complexity index is 1220. The third-order valence-electron chi connectivity index (χ3n) is 5.94. The lowest BCUT2D eigenvalue weighted by Gasteiger charge is -2.43. The van der Waals surface area contributed by atoms with E-state index in [1.165, 1.54) is 6.21 Å². The summed E-state index contributed by atoms with van der Waals surface area (Å²) < 4.78 is 16.9. The van der Waals surface area contributed by atoms with Crippen LogP contribution in [0, 0.1) is 5.82 Å². The highest BCUT2D eigenvalue weighted by Crippen LogP contribution is 2.40. The number of hydrazone groups is 1. The molecular formula is C27H29FN4O. The van der Waals surface area contributed by atoms with Crippen LogP contribution < -0.4 is 10.3 Å². The predicted octanol–water partition coefficient (Wildman–Crippen LogP) is 5.79. The van der Waals surface area contributed by atoms with Crippen molar-refractivity contribution in [1.82, 2.24) is 9.99 Å². The van der Waals surface area contributed by atoms with Gasteiger partial charge >= 0.3 is 0 Å². The minimum Gasteiger partial charge on any atom is -0.362 e. The molecule has 1 aliphatic heterocycles. The number of carbonyl (C=O) groups is 1. The second-order valence-corrected chi connectivity index (χ2v) is 8.83. The van der Waals surface area contributed by atoms with Gasteiger partial charge in [0, 0.05) is 35.8 Å². The molecule has 0 bridgehead atoms. The van der Waals surface area contributed by atoms with Crippen LogP contribution in [0.3, 0.4) is 0 Å². The van der Waals surface area contributed by atoms with Crippen molar-refractivity contribution in [2.24, 2.45) is 5.10 Å². The maximum Gasteiger partial charge on any atom is 0.273 e. The van der Waals surface area contributed by atoms with Gasteiger partial charge < -0.3 is 9.47 Å². The van der Waals surface area contributed by atoms with Crippen LogP contribution in [0.1, 0.15) is 55.6 Å². The number of hydrogen-bond acceptors (Lipinski definition) is 3. The third-order valence-corrected chi connectivity index (χ3v) is 5.94. The van der Waals surface area contributed by atoms with Gasteiger partial charge in [-0.3, -0.25) is 4.79 Å². The molecule has 1 amide bonds. The number of nitrogens with one attached hydrogen (secondary N) is 1. The smallest absolute Gasteiger partial charge is 0.273 e. The molecule has 170 valence electrons. The molecule has 4 rings (SSSR count). The fourth-order valence-corrected chi connectivity index (χ4v) is 4.45. The van der Waals surface area contributed by atoms with Gasteiger partial charge in [-0.25, -0.2) is 9.82 Å². The van der Waals surface area contributed by atoms with Crippen LogP contribution in [0.25, 0.3) is 11.3 Å². The molecule has 0 fully saturated rings. The van der Waals surface area contributed by atoms with E-state index in [1.807, 2.05) is 48.1 Å². The Hall–Kier alpha value is -3.67. The van der Waals surface area contributed by atoms with Crippen LogP contribution in [-0.4, -0.2) is 28.8 Å². The first-order chi connectivity index (χ1) is 15.8. The number of para-hydroxylation sites is 1. The van der Waals surface area contributed by atoms with Crippen LogP contribution in [0.4, 0.5) is 10.1 Å². The zero-order valence-electron chi connectivity index (χ0n) is 19.5. The van der Waals surface area contributed by atoms with E-state index in [0.29, 0.717) is 11.1 Å². The molecule has 2 heterocycles. The van der Waals surface area contributed by atoms with E-state index >= 15 is 4.39 Å². The van der Waals surface area contributed by atoms with Crippen LogP contribution in [0.15, 0.2) is 72.1 Å². The van der Waals surface area contributed by atoms with Crippen LogP contribution in [-0.2, 0) is 0 Å². The first-order valence-electron chi connectivity index (χ1n) is 11.2. The Labute approximate surface area is 194 Å². The highest BCUT2D eigenvalue weighted by molar-refractivity contribution is 5.98. The molecule has 0 unspecified atom stereocenters. The van der Waals surface area contributed by atoms with Gasteiger partial charge in [-0.2, -0.15) is 5.10 Å². The molecule has 2 aromatic carbocycles. The fraction of sp³-hybridized carbons (Fsp3) is 0.259. The molecule has 0 spiro atoms. The van der Waals surface area contributed by atoms with Gasteiger partial charge in [0.1, 0.15) is 5.82 Å². The van der Waals surface area contributed by atoms with Gasteiger partial charge in [0.25, 0.3) is 5.91 Å². The molecule has 3 aromatic rings. The third kappa shape index (κ3) is 4.46. The Kier molecular flexibility index (Phi) is 6.18. The summed E-state index contributed by atoms with van der Waals surface area (Å²) in [6.07, 6.45) is 8.29. The van der Waals surface area contributed by atoms with Crippen molar-refractivity contribution >= 4 is 23.4 Å². The summed E-state index contributed by atoms with van der Waals surface area (Å²) in [5.74, 6) is -0.730. The number of aromatic nitrogens is 1. The van der Waals surface area contributed by atoms with Crippen molar-refractivity contribution in [2.75, 3.05) is 11.4 Å². The van der Waals surface area contributed by atoms with Crippen molar-refractivity contribution < 1.29 is 9.18 Å². The SMILES string of the molecule is CCCN1c2cc(F)c(/C=N\NC(=O)c3ccccc3-n3cccc3)cc2C(C)=CC1(C)C. The summed E-state index contributed by atoms with van der Waals surface area (Å²) >= 11 is 0. The molecule has 0 aliphatic carbocycles. The van der Waals surface area contributed by atoms with E-state index in [-0.39, 0.29) is 17.3 Å². The van der Waals surface area contributed by atoms with Crippen LogP contribution in [0.5, 0.6) is 0 Å². The topological polar surface area (TPSA) is 49.6 Å². The summed E-state index contributed by atoms with van der Waals surface area (Å²) in [5, 5.41) is 4.05. The van der Waals surface area contributed by atoms with E-state index in [9.17, 15) is 4.79 Å². The van der Waals surface area contributed by atoms with Crippen LogP contribution >= 0.6 is 0 Å². The van der Waals surface area contributed by atoms with E-state index in [2.05, 4.69) is 42.3 Å². The number of allylic oxidation sites excluding steroid dienone is 1. The molecular weight excluding hydrogens is 415 g/mol. The second kappa shape index (κ2) is 9.06. The van der Waals surface area contributed by atoms with Crippen molar-refractivity contribution in [3.8, 4) is 5.69 Å². The quantitative estimate of drug-likeness (QED) is 0.386. The highest BCUT2D eigenvalue weighted by Gasteiger charge is 2.31. The van der Waals surface area contributed by atoms with E-state index in [4.69, 9.17) is 0 Å². The lowest BCUT2D eigenvalue weighted by Crippen LogP contribution is -2.45. The normalized spacial score (nSPS) is 14.8. The zero-order valence-corrected chi connectivity index (χ0v) is 19.5. The minimum atomic E-state index is -0.369. The van der Waals surface area contributed by atoms with Gasteiger partial charge in [-0.05, 0) is 69.2 Å². The molecule has 0 saturated heterocycles. The number of nitrogens with zero attached hydrogens (tertiary/aromatic N) is 3. The first kappa shape index (κ1) is 22.5. The predicted molar refractivity (Wildman–Crippen MR) is 133 cm³/mol. The molecule has 0 atom stereocenters. The molecule has 1 aromatic heterocycles. The molecule has 0 radical (unpaired) electrons. The standard InChI is InChI=1S/C27H29FN4O/c1-5-12-32-25-16-23(28)20(15-22(25)19(2)17-27(32,3)4)18-29-30-26(33)21-10-6-7-11-24(21)31-13-8-9-14-31/h6-11,13-18H,5,12H2,1-4H3,(H,30,33)/b29-18-. The monoisotopic (exact) mass is 444 g/mol. The molecule has 1 N–H and O–H groups in total. The summed E-state index contributed by atoms with van der Waals surface area (Å²) in [5.41, 5.74) is 6.88. The van der Waals surface area contributed by atoms with Gasteiger partial charge in [0.15, 0.2) is 0 Å². The Balaban J connectivity index is 1.58. The summed E-state index contributed by atoms with van der Waals surface area (Å²) in [6, 6.07) is 14.4. The average molecular weight is 445 g/mol. The molecule has 0 saturated carbocycles. The number of fused-ring (bicyclic) bond motifs is 1. The molecule has 33 heavy (non-hydrogen) atoms. The zero-order chi connectivity index (χ0) is 23.6. The Morgan fingerprint density at radius 1 is 1.12 bits per heavy atom. The lowest BCUT2D eigenvalue weighted by atomic mass is 9.88. The van der Waals surface area contributed by atoms with E-state index < -0.39 is 0 Å². The van der Waals surface area contributed by atoms with E-state index in [1.54, 1.807) is 24.3 Å². The lowest BCUT2D eigenvalue weighted by molar-refractivity contribution is 0.0955. The number of anilines is 1. The van der Waals surface area contributed by atoms with Gasteiger partial charge in [-0.1, -0.05) is 25.1 Å². The molecule has 5 nitrogen and oxygen atoms in total. The van der Waals surface area contributed by atoms with Crippen molar-refractivity contribution in [2.45, 2.75) is 39.7 Å². The Morgan fingerprint density at radius 3 is 2.58 bits per heavy atom. The molecule has 1 aliphatic rings. The maximum absolute atomic E-state index is 15.0. The second-order valence-electron chi connectivity index (χ2n) is 8.83. The molecule has 6 heteroatoms. The summed E-state index contributed by atoms with van der Waals surface area (Å²) in [7, 11) is 0. The minimum absolute atomic E-state index is 0.184. The van der Waals surface area contributed by atoms with E-state index in [0.717, 1.165) is 35.5 Å². The number of rotatable bonds is 6. The highest BCUT2D eigenvalue weighted by atomic mass is 19.1. The number of hydrogen-bond donors (Lipinski definition) is 1. The van der Waals surface area contributed by atoms with Crippen molar-refractivity contribution in [3.63, 3.8) is 0 Å². The largest absolute Gasteiger partial charge is 0.362 e. The summed E-state index contributed by atoms with van der Waals surface area (Å²) in [6.45, 7) is 9.29. The first-order valence-corrected chi connectivity index (χ1v) is 11.2. The Morgan fingerprint density at radius 2 is 1.85 bits per heavy atom. The van der Waals surface area contributed by atoms with Gasteiger partial charge in [0.05, 0.1) is 23.0 Å². The van der Waals surface area contributed by atoms with Gasteiger partial charge in [0.2, 0.25) is 0 Å². The van der Waals surface area contributed by atoms with Crippen LogP contribution in [0.2, 0.25) is 0 Å². The summed E-state index contributed by atoms with van der Waals surface area (Å²) in [4.78, 5) is 15.0. The van der Waals surface area contributed by atoms with Crippen molar-refractivity contribution in [3.05, 3.63) is 89.5 Å². The fourth-order valence-electron chi connectivity index (χ4n) is 4.45. The number of carbonyl (C=O) groups excluding carboxylic acids is 1. The average Bonchev–Trinajstić information content (AvgIpc) is 3.32. The van der Waals surface area contributed by atoms with Gasteiger partial charge in [-0.15, -0.1) is 0 Å². The number of amides is 1.